The van der Waals surface area contributed by atoms with Crippen LogP contribution >= 0.6 is 0 Å². The summed E-state index contributed by atoms with van der Waals surface area (Å²) in [5.74, 6) is -0.281. The molecule has 3 rings (SSSR count). The maximum atomic E-state index is 11.7. The molecule has 2 unspecified atom stereocenters. The monoisotopic (exact) mass is 232 g/mol. The van der Waals surface area contributed by atoms with Gasteiger partial charge in [-0.15, -0.1) is 0 Å². The zero-order valence-electron chi connectivity index (χ0n) is 9.94. The lowest BCUT2D eigenvalue weighted by molar-refractivity contribution is -0.137. The van der Waals surface area contributed by atoms with Crippen molar-refractivity contribution in [1.29, 1.82) is 0 Å². The molecule has 1 heterocycles. The molecule has 3 heteroatoms. The van der Waals surface area contributed by atoms with Crippen LogP contribution in [0.4, 0.5) is 0 Å². The Morgan fingerprint density at radius 1 is 1.47 bits per heavy atom. The van der Waals surface area contributed by atoms with Crippen LogP contribution in [0.5, 0.6) is 0 Å². The molecule has 3 aliphatic rings. The Morgan fingerprint density at radius 3 is 3.18 bits per heavy atom. The van der Waals surface area contributed by atoms with Crippen LogP contribution in [0.2, 0.25) is 0 Å². The standard InChI is InChI=1S/C14H16O3/c1-16-14(15)11-7-4-6-10-9-5-2-3-8-12(9)17-13(10)11/h4,6-7,12-13H,2-3,5,8H2,1H3. The van der Waals surface area contributed by atoms with Crippen molar-refractivity contribution in [3.8, 4) is 0 Å². The lowest BCUT2D eigenvalue weighted by Gasteiger charge is -2.21. The summed E-state index contributed by atoms with van der Waals surface area (Å²) in [6, 6.07) is 0. The molecule has 0 aromatic carbocycles. The van der Waals surface area contributed by atoms with Crippen LogP contribution in [0, 0.1) is 0 Å². The molecule has 0 radical (unpaired) electrons. The predicted molar refractivity (Wildman–Crippen MR) is 63.4 cm³/mol. The minimum atomic E-state index is -0.281. The Labute approximate surface area is 101 Å². The number of esters is 1. The van der Waals surface area contributed by atoms with Gasteiger partial charge in [0.2, 0.25) is 0 Å². The normalized spacial score (nSPS) is 30.8. The Morgan fingerprint density at radius 2 is 2.35 bits per heavy atom. The van der Waals surface area contributed by atoms with Gasteiger partial charge in [-0.2, -0.15) is 0 Å². The van der Waals surface area contributed by atoms with Crippen molar-refractivity contribution in [3.05, 3.63) is 34.9 Å². The van der Waals surface area contributed by atoms with Crippen LogP contribution in [-0.2, 0) is 14.3 Å². The molecule has 1 saturated carbocycles. The molecule has 0 N–H and O–H groups in total. The average Bonchev–Trinajstić information content (AvgIpc) is 2.76. The molecule has 0 amide bonds. The molecule has 2 aliphatic carbocycles. The molecule has 0 bridgehead atoms. The first-order chi connectivity index (χ1) is 8.31. The summed E-state index contributed by atoms with van der Waals surface area (Å²) in [4.78, 5) is 11.7. The number of allylic oxidation sites excluding steroid dienone is 2. The lowest BCUT2D eigenvalue weighted by Crippen LogP contribution is -2.24. The van der Waals surface area contributed by atoms with Crippen LogP contribution in [0.15, 0.2) is 34.9 Å². The summed E-state index contributed by atoms with van der Waals surface area (Å²) < 4.78 is 10.8. The van der Waals surface area contributed by atoms with Gasteiger partial charge in [0.15, 0.2) is 0 Å². The van der Waals surface area contributed by atoms with Crippen LogP contribution < -0.4 is 0 Å². The molecule has 0 spiro atoms. The first kappa shape index (κ1) is 10.8. The molecule has 2 atom stereocenters. The van der Waals surface area contributed by atoms with Gasteiger partial charge < -0.3 is 9.47 Å². The Balaban J connectivity index is 1.95. The Kier molecular flexibility index (Phi) is 2.63. The summed E-state index contributed by atoms with van der Waals surface area (Å²) in [6.45, 7) is 0. The van der Waals surface area contributed by atoms with E-state index in [1.165, 1.54) is 31.1 Å². The van der Waals surface area contributed by atoms with Crippen molar-refractivity contribution in [1.82, 2.24) is 0 Å². The third-order valence-corrected chi connectivity index (χ3v) is 3.76. The number of hydrogen-bond acceptors (Lipinski definition) is 3. The van der Waals surface area contributed by atoms with Gasteiger partial charge in [-0.25, -0.2) is 4.79 Å². The largest absolute Gasteiger partial charge is 0.466 e. The van der Waals surface area contributed by atoms with Crippen molar-refractivity contribution in [3.63, 3.8) is 0 Å². The zero-order chi connectivity index (χ0) is 11.8. The van der Waals surface area contributed by atoms with E-state index in [1.54, 1.807) is 6.08 Å². The second-order valence-corrected chi connectivity index (χ2v) is 4.70. The molecule has 90 valence electrons. The van der Waals surface area contributed by atoms with E-state index < -0.39 is 0 Å². The predicted octanol–water partition coefficient (Wildman–Crippen LogP) is 2.29. The highest BCUT2D eigenvalue weighted by Crippen LogP contribution is 2.41. The summed E-state index contributed by atoms with van der Waals surface area (Å²) >= 11 is 0. The minimum absolute atomic E-state index is 0.189. The molecule has 17 heavy (non-hydrogen) atoms. The van der Waals surface area contributed by atoms with Crippen molar-refractivity contribution >= 4 is 5.97 Å². The Bertz CT molecular complexity index is 442. The third kappa shape index (κ3) is 1.65. The molecule has 1 aliphatic heterocycles. The molecule has 1 fully saturated rings. The first-order valence-electron chi connectivity index (χ1n) is 6.16. The highest BCUT2D eigenvalue weighted by molar-refractivity contribution is 5.91. The van der Waals surface area contributed by atoms with Crippen molar-refractivity contribution in [2.45, 2.75) is 37.9 Å². The van der Waals surface area contributed by atoms with E-state index in [0.29, 0.717) is 5.57 Å². The summed E-state index contributed by atoms with van der Waals surface area (Å²) in [6.07, 6.45) is 10.5. The number of carbonyl (C=O) groups is 1. The number of hydrogen-bond donors (Lipinski definition) is 0. The lowest BCUT2D eigenvalue weighted by atomic mass is 9.87. The molecular formula is C14H16O3. The van der Waals surface area contributed by atoms with E-state index in [0.717, 1.165) is 12.8 Å². The van der Waals surface area contributed by atoms with Crippen LogP contribution in [-0.4, -0.2) is 25.3 Å². The van der Waals surface area contributed by atoms with Crippen LogP contribution in [0.25, 0.3) is 0 Å². The molecular weight excluding hydrogens is 216 g/mol. The fourth-order valence-electron chi connectivity index (χ4n) is 2.94. The van der Waals surface area contributed by atoms with E-state index in [2.05, 4.69) is 6.08 Å². The summed E-state index contributed by atoms with van der Waals surface area (Å²) in [7, 11) is 1.41. The van der Waals surface area contributed by atoms with Crippen molar-refractivity contribution in [2.75, 3.05) is 7.11 Å². The van der Waals surface area contributed by atoms with E-state index >= 15 is 0 Å². The van der Waals surface area contributed by atoms with Gasteiger partial charge in [0.1, 0.15) is 6.10 Å². The van der Waals surface area contributed by atoms with E-state index in [9.17, 15) is 4.79 Å². The highest BCUT2D eigenvalue weighted by Gasteiger charge is 2.39. The topological polar surface area (TPSA) is 35.5 Å². The number of methoxy groups -OCH3 is 1. The van der Waals surface area contributed by atoms with E-state index in [-0.39, 0.29) is 18.2 Å². The molecule has 0 aromatic rings. The first-order valence-corrected chi connectivity index (χ1v) is 6.16. The second-order valence-electron chi connectivity index (χ2n) is 4.70. The summed E-state index contributed by atoms with van der Waals surface area (Å²) in [5.41, 5.74) is 3.22. The quantitative estimate of drug-likeness (QED) is 0.651. The smallest absolute Gasteiger partial charge is 0.336 e. The maximum Gasteiger partial charge on any atom is 0.336 e. The van der Waals surface area contributed by atoms with Gasteiger partial charge in [0, 0.05) is 0 Å². The van der Waals surface area contributed by atoms with Crippen molar-refractivity contribution < 1.29 is 14.3 Å². The fourth-order valence-corrected chi connectivity index (χ4v) is 2.94. The van der Waals surface area contributed by atoms with Gasteiger partial charge in [0.05, 0.1) is 18.8 Å². The number of carbonyl (C=O) groups excluding carboxylic acids is 1. The second kappa shape index (κ2) is 4.15. The summed E-state index contributed by atoms with van der Waals surface area (Å²) in [5, 5.41) is 0. The van der Waals surface area contributed by atoms with Gasteiger partial charge >= 0.3 is 5.97 Å². The van der Waals surface area contributed by atoms with Gasteiger partial charge in [0.25, 0.3) is 0 Å². The number of ether oxygens (including phenoxy) is 2. The fraction of sp³-hybridized carbons (Fsp3) is 0.500. The van der Waals surface area contributed by atoms with Gasteiger partial charge in [-0.1, -0.05) is 18.6 Å². The number of rotatable bonds is 1. The average molecular weight is 232 g/mol. The van der Waals surface area contributed by atoms with Crippen molar-refractivity contribution in [2.24, 2.45) is 0 Å². The van der Waals surface area contributed by atoms with E-state index in [1.807, 2.05) is 6.08 Å². The number of fused-ring (bicyclic) bond motifs is 2. The minimum Gasteiger partial charge on any atom is -0.466 e. The molecule has 0 aromatic heterocycles. The Hall–Kier alpha value is -1.35. The maximum absolute atomic E-state index is 11.7. The van der Waals surface area contributed by atoms with Crippen LogP contribution in [0.3, 0.4) is 0 Å². The van der Waals surface area contributed by atoms with Gasteiger partial charge in [-0.05, 0) is 36.5 Å². The SMILES string of the molecule is COC(=O)C1=CC=CC2=C3CCCCC3OC12. The zero-order valence-corrected chi connectivity index (χ0v) is 9.94. The molecule has 0 saturated heterocycles. The third-order valence-electron chi connectivity index (χ3n) is 3.76. The highest BCUT2D eigenvalue weighted by atomic mass is 16.5. The molecule has 3 nitrogen and oxygen atoms in total. The van der Waals surface area contributed by atoms with Crippen LogP contribution in [0.1, 0.15) is 25.7 Å². The van der Waals surface area contributed by atoms with E-state index in [4.69, 9.17) is 9.47 Å². The van der Waals surface area contributed by atoms with Gasteiger partial charge in [-0.3, -0.25) is 0 Å².